The Hall–Kier alpha value is -3.26. The molecule has 1 atom stereocenters. The van der Waals surface area contributed by atoms with Crippen LogP contribution in [0.2, 0.25) is 0 Å². The number of amides is 2. The maximum atomic E-state index is 12.9. The Morgan fingerprint density at radius 1 is 1.06 bits per heavy atom. The van der Waals surface area contributed by atoms with Crippen molar-refractivity contribution in [2.24, 2.45) is 0 Å². The number of nitro benzene ring substituents is 1. The van der Waals surface area contributed by atoms with Gasteiger partial charge in [0.05, 0.1) is 4.92 Å². The molecule has 0 bridgehead atoms. The second-order valence-corrected chi connectivity index (χ2v) is 9.55. The van der Waals surface area contributed by atoms with Crippen molar-refractivity contribution in [3.05, 3.63) is 75.3 Å². The number of carbonyl (C=O) groups excluding carboxylic acids is 2. The first-order chi connectivity index (χ1) is 15.5. The third-order valence-electron chi connectivity index (χ3n) is 5.94. The summed E-state index contributed by atoms with van der Waals surface area (Å²) in [4.78, 5) is 40.0. The first-order valence-corrected chi connectivity index (χ1v) is 11.2. The normalized spacial score (nSPS) is 15.7. The molecule has 0 spiro atoms. The molecule has 3 rings (SSSR count). The smallest absolute Gasteiger partial charge is 0.269 e. The lowest BCUT2D eigenvalue weighted by Crippen LogP contribution is -2.53. The summed E-state index contributed by atoms with van der Waals surface area (Å²) in [5, 5.41) is 13.8. The highest BCUT2D eigenvalue weighted by molar-refractivity contribution is 5.97. The Kier molecular flexibility index (Phi) is 7.48. The Bertz CT molecular complexity index is 1010. The topological polar surface area (TPSA) is 95.8 Å². The molecular formula is C25H32N4O4. The number of hydrogen-bond donors (Lipinski definition) is 1. The minimum atomic E-state index is -0.622. The molecule has 2 amide bonds. The lowest BCUT2D eigenvalue weighted by Gasteiger charge is -2.36. The van der Waals surface area contributed by atoms with Crippen molar-refractivity contribution in [1.82, 2.24) is 15.1 Å². The fourth-order valence-corrected chi connectivity index (χ4v) is 3.89. The Morgan fingerprint density at radius 2 is 1.70 bits per heavy atom. The van der Waals surface area contributed by atoms with Crippen LogP contribution in [0.25, 0.3) is 0 Å². The van der Waals surface area contributed by atoms with Crippen molar-refractivity contribution in [3.8, 4) is 0 Å². The summed E-state index contributed by atoms with van der Waals surface area (Å²) >= 11 is 0. The third kappa shape index (κ3) is 6.38. The van der Waals surface area contributed by atoms with Gasteiger partial charge < -0.3 is 10.2 Å². The molecule has 0 aliphatic carbocycles. The van der Waals surface area contributed by atoms with Crippen molar-refractivity contribution in [2.45, 2.75) is 45.7 Å². The van der Waals surface area contributed by atoms with Crippen LogP contribution < -0.4 is 5.32 Å². The van der Waals surface area contributed by atoms with E-state index < -0.39 is 11.0 Å². The lowest BCUT2D eigenvalue weighted by atomic mass is 9.86. The van der Waals surface area contributed by atoms with Crippen LogP contribution >= 0.6 is 0 Å². The molecule has 2 aromatic rings. The predicted octanol–water partition coefficient (Wildman–Crippen LogP) is 3.36. The van der Waals surface area contributed by atoms with Crippen molar-refractivity contribution in [3.63, 3.8) is 0 Å². The minimum absolute atomic E-state index is 0.00956. The summed E-state index contributed by atoms with van der Waals surface area (Å²) < 4.78 is 0. The second-order valence-electron chi connectivity index (χ2n) is 9.55. The lowest BCUT2D eigenvalue weighted by molar-refractivity contribution is -0.384. The summed E-state index contributed by atoms with van der Waals surface area (Å²) in [5.74, 6) is -0.370. The van der Waals surface area contributed by atoms with E-state index in [1.165, 1.54) is 6.07 Å². The van der Waals surface area contributed by atoms with Gasteiger partial charge in [-0.05, 0) is 35.6 Å². The number of rotatable bonds is 6. The Labute approximate surface area is 194 Å². The SMILES string of the molecule is CC(NC(=O)c1ccc(C(C)(C)C)cc1)C(=O)N1CCN(Cc2cccc([N+](=O)[O-])c2)CC1. The highest BCUT2D eigenvalue weighted by atomic mass is 16.6. The monoisotopic (exact) mass is 452 g/mol. The van der Waals surface area contributed by atoms with Crippen molar-refractivity contribution in [2.75, 3.05) is 26.2 Å². The van der Waals surface area contributed by atoms with E-state index in [9.17, 15) is 19.7 Å². The van der Waals surface area contributed by atoms with Crippen LogP contribution in [0.4, 0.5) is 5.69 Å². The van der Waals surface area contributed by atoms with Crippen molar-refractivity contribution >= 4 is 17.5 Å². The van der Waals surface area contributed by atoms with E-state index in [0.717, 1.165) is 11.1 Å². The summed E-state index contributed by atoms with van der Waals surface area (Å²) in [6.07, 6.45) is 0. The fraction of sp³-hybridized carbons (Fsp3) is 0.440. The van der Waals surface area contributed by atoms with Gasteiger partial charge in [-0.3, -0.25) is 24.6 Å². The quantitative estimate of drug-likeness (QED) is 0.536. The van der Waals surface area contributed by atoms with E-state index in [1.54, 1.807) is 36.1 Å². The van der Waals surface area contributed by atoms with E-state index in [1.807, 2.05) is 18.2 Å². The van der Waals surface area contributed by atoms with Crippen LogP contribution in [0.5, 0.6) is 0 Å². The molecule has 1 heterocycles. The standard InChI is InChI=1S/C25H32N4O4/c1-18(26-23(30)20-8-10-21(11-9-20)25(2,3)4)24(31)28-14-12-27(13-15-28)17-19-6-5-7-22(16-19)29(32)33/h5-11,16,18H,12-15,17H2,1-4H3,(H,26,30). The van der Waals surface area contributed by atoms with Crippen LogP contribution in [0, 0.1) is 10.1 Å². The molecule has 1 saturated heterocycles. The van der Waals surface area contributed by atoms with Gasteiger partial charge in [0.25, 0.3) is 11.6 Å². The van der Waals surface area contributed by atoms with Crippen LogP contribution in [0.15, 0.2) is 48.5 Å². The van der Waals surface area contributed by atoms with Gasteiger partial charge in [0, 0.05) is 50.4 Å². The highest BCUT2D eigenvalue weighted by Gasteiger charge is 2.26. The molecule has 1 N–H and O–H groups in total. The fourth-order valence-electron chi connectivity index (χ4n) is 3.89. The molecule has 0 aromatic heterocycles. The Morgan fingerprint density at radius 3 is 2.27 bits per heavy atom. The maximum absolute atomic E-state index is 12.9. The first kappa shape index (κ1) is 24.4. The second kappa shape index (κ2) is 10.1. The van der Waals surface area contributed by atoms with Gasteiger partial charge in [-0.15, -0.1) is 0 Å². The zero-order valence-electron chi connectivity index (χ0n) is 19.7. The minimum Gasteiger partial charge on any atom is -0.341 e. The van der Waals surface area contributed by atoms with Gasteiger partial charge in [0.15, 0.2) is 0 Å². The summed E-state index contributed by atoms with van der Waals surface area (Å²) in [6.45, 7) is 11.1. The van der Waals surface area contributed by atoms with E-state index in [-0.39, 0.29) is 22.9 Å². The predicted molar refractivity (Wildman–Crippen MR) is 127 cm³/mol. The molecule has 1 aliphatic heterocycles. The Balaban J connectivity index is 1.50. The van der Waals surface area contributed by atoms with Crippen LogP contribution in [0.1, 0.15) is 49.2 Å². The zero-order chi connectivity index (χ0) is 24.2. The first-order valence-electron chi connectivity index (χ1n) is 11.2. The van der Waals surface area contributed by atoms with E-state index in [4.69, 9.17) is 0 Å². The molecule has 8 nitrogen and oxygen atoms in total. The highest BCUT2D eigenvalue weighted by Crippen LogP contribution is 2.22. The van der Waals surface area contributed by atoms with Crippen LogP contribution in [0.3, 0.4) is 0 Å². The molecule has 1 aliphatic rings. The molecule has 0 saturated carbocycles. The number of nitro groups is 1. The number of carbonyl (C=O) groups is 2. The van der Waals surface area contributed by atoms with Gasteiger partial charge in [-0.1, -0.05) is 45.0 Å². The molecule has 8 heteroatoms. The molecule has 176 valence electrons. The number of benzene rings is 2. The van der Waals surface area contributed by atoms with Gasteiger partial charge >= 0.3 is 0 Å². The van der Waals surface area contributed by atoms with E-state index in [0.29, 0.717) is 38.3 Å². The third-order valence-corrected chi connectivity index (χ3v) is 5.94. The van der Waals surface area contributed by atoms with Gasteiger partial charge in [0.1, 0.15) is 6.04 Å². The van der Waals surface area contributed by atoms with E-state index >= 15 is 0 Å². The summed E-state index contributed by atoms with van der Waals surface area (Å²) in [7, 11) is 0. The molecule has 2 aromatic carbocycles. The van der Waals surface area contributed by atoms with Gasteiger partial charge in [-0.2, -0.15) is 0 Å². The van der Waals surface area contributed by atoms with Crippen molar-refractivity contribution in [1.29, 1.82) is 0 Å². The number of non-ortho nitro benzene ring substituents is 1. The average molecular weight is 453 g/mol. The van der Waals surface area contributed by atoms with Gasteiger partial charge in [-0.25, -0.2) is 0 Å². The number of hydrogen-bond acceptors (Lipinski definition) is 5. The van der Waals surface area contributed by atoms with Gasteiger partial charge in [0.2, 0.25) is 5.91 Å². The summed E-state index contributed by atoms with van der Waals surface area (Å²) in [5.41, 5.74) is 2.65. The molecule has 33 heavy (non-hydrogen) atoms. The number of nitrogens with zero attached hydrogens (tertiary/aromatic N) is 3. The van der Waals surface area contributed by atoms with E-state index in [2.05, 4.69) is 31.0 Å². The van der Waals surface area contributed by atoms with Crippen LogP contribution in [-0.4, -0.2) is 58.8 Å². The largest absolute Gasteiger partial charge is 0.341 e. The van der Waals surface area contributed by atoms with Crippen LogP contribution in [-0.2, 0) is 16.8 Å². The summed E-state index contributed by atoms with van der Waals surface area (Å²) in [6, 6.07) is 13.5. The molecular weight excluding hydrogens is 420 g/mol. The zero-order valence-corrected chi connectivity index (χ0v) is 19.7. The number of piperazine rings is 1. The molecule has 1 unspecified atom stereocenters. The molecule has 1 fully saturated rings. The average Bonchev–Trinajstić information content (AvgIpc) is 2.78. The number of nitrogens with one attached hydrogen (secondary N) is 1. The maximum Gasteiger partial charge on any atom is 0.269 e. The van der Waals surface area contributed by atoms with Crippen molar-refractivity contribution < 1.29 is 14.5 Å². The molecule has 0 radical (unpaired) electrons.